The number of hydrogen-bond donors (Lipinski definition) is 2. The zero-order valence-corrected chi connectivity index (χ0v) is 9.45. The van der Waals surface area contributed by atoms with Gasteiger partial charge in [0.25, 0.3) is 0 Å². The van der Waals surface area contributed by atoms with Crippen LogP contribution >= 0.6 is 0 Å². The molecule has 3 nitrogen and oxygen atoms in total. The molecule has 0 bridgehead atoms. The summed E-state index contributed by atoms with van der Waals surface area (Å²) in [5.41, 5.74) is 3.30. The highest BCUT2D eigenvalue weighted by atomic mass is 16.4. The first-order valence-electron chi connectivity index (χ1n) is 5.37. The predicted octanol–water partition coefficient (Wildman–Crippen LogP) is 3.05. The molecule has 3 heteroatoms. The third-order valence-corrected chi connectivity index (χ3v) is 2.83. The number of aliphatic carboxylic acids is 1. The zero-order chi connectivity index (χ0) is 11.7. The number of carbonyl (C=O) groups is 1. The van der Waals surface area contributed by atoms with Crippen LogP contribution in [0, 0.1) is 6.92 Å². The van der Waals surface area contributed by atoms with Crippen LogP contribution in [0.4, 0.5) is 0 Å². The molecular weight excluding hydrogens is 202 g/mol. The van der Waals surface area contributed by atoms with E-state index in [2.05, 4.69) is 17.1 Å². The number of aryl methyl sites for hydroxylation is 1. The second-order valence-corrected chi connectivity index (χ2v) is 4.30. The molecule has 84 valence electrons. The van der Waals surface area contributed by atoms with Crippen LogP contribution in [0.2, 0.25) is 0 Å². The molecule has 0 aliphatic rings. The summed E-state index contributed by atoms with van der Waals surface area (Å²) in [4.78, 5) is 13.9. The third kappa shape index (κ3) is 2.08. The number of carboxylic acid groups (broad SMARTS) is 1. The Labute approximate surface area is 94.1 Å². The Hall–Kier alpha value is -1.77. The molecule has 1 aromatic carbocycles. The van der Waals surface area contributed by atoms with Gasteiger partial charge in [0.2, 0.25) is 0 Å². The molecule has 0 amide bonds. The van der Waals surface area contributed by atoms with Crippen molar-refractivity contribution < 1.29 is 9.90 Å². The highest BCUT2D eigenvalue weighted by molar-refractivity contribution is 5.81. The largest absolute Gasteiger partial charge is 0.481 e. The molecule has 1 aromatic heterocycles. The summed E-state index contributed by atoms with van der Waals surface area (Å²) in [7, 11) is 0. The SMILES string of the molecule is Cc1cc2cc(C(C)CC(=O)O)ccc2[nH]1. The minimum Gasteiger partial charge on any atom is -0.481 e. The van der Waals surface area contributed by atoms with Crippen molar-refractivity contribution in [3.05, 3.63) is 35.5 Å². The fraction of sp³-hybridized carbons (Fsp3) is 0.308. The van der Waals surface area contributed by atoms with E-state index in [-0.39, 0.29) is 12.3 Å². The zero-order valence-electron chi connectivity index (χ0n) is 9.45. The predicted molar refractivity (Wildman–Crippen MR) is 63.7 cm³/mol. The van der Waals surface area contributed by atoms with Gasteiger partial charge in [-0.1, -0.05) is 13.0 Å². The first kappa shape index (κ1) is 10.7. The van der Waals surface area contributed by atoms with Crippen LogP contribution in [0.25, 0.3) is 10.9 Å². The van der Waals surface area contributed by atoms with Crippen LogP contribution in [0.3, 0.4) is 0 Å². The molecule has 1 heterocycles. The fourth-order valence-electron chi connectivity index (χ4n) is 1.98. The van der Waals surface area contributed by atoms with Gasteiger partial charge in [0.15, 0.2) is 0 Å². The highest BCUT2D eigenvalue weighted by Gasteiger charge is 2.10. The minimum atomic E-state index is -0.752. The van der Waals surface area contributed by atoms with Crippen LogP contribution in [0.15, 0.2) is 24.3 Å². The molecule has 0 spiro atoms. The lowest BCUT2D eigenvalue weighted by atomic mass is 9.97. The van der Waals surface area contributed by atoms with Crippen molar-refractivity contribution in [3.63, 3.8) is 0 Å². The number of fused-ring (bicyclic) bond motifs is 1. The summed E-state index contributed by atoms with van der Waals surface area (Å²) in [6, 6.07) is 8.14. The van der Waals surface area contributed by atoms with Crippen molar-refractivity contribution in [1.29, 1.82) is 0 Å². The van der Waals surface area contributed by atoms with E-state index in [1.54, 1.807) is 0 Å². The number of rotatable bonds is 3. The van der Waals surface area contributed by atoms with Crippen LogP contribution in [-0.2, 0) is 4.79 Å². The van der Waals surface area contributed by atoms with Crippen molar-refractivity contribution in [1.82, 2.24) is 4.98 Å². The van der Waals surface area contributed by atoms with Gasteiger partial charge in [-0.05, 0) is 42.0 Å². The van der Waals surface area contributed by atoms with Gasteiger partial charge in [0.05, 0.1) is 6.42 Å². The maximum atomic E-state index is 10.6. The summed E-state index contributed by atoms with van der Waals surface area (Å²) in [6.07, 6.45) is 0.176. The lowest BCUT2D eigenvalue weighted by molar-refractivity contribution is -0.137. The van der Waals surface area contributed by atoms with E-state index in [0.717, 1.165) is 22.2 Å². The Bertz CT molecular complexity index is 528. The van der Waals surface area contributed by atoms with Gasteiger partial charge in [-0.3, -0.25) is 4.79 Å². The van der Waals surface area contributed by atoms with Crippen LogP contribution in [0.1, 0.15) is 30.5 Å². The second-order valence-electron chi connectivity index (χ2n) is 4.30. The summed E-state index contributed by atoms with van der Waals surface area (Å²) in [5, 5.41) is 9.90. The van der Waals surface area contributed by atoms with Crippen molar-refractivity contribution in [2.75, 3.05) is 0 Å². The second kappa shape index (κ2) is 4.00. The lowest BCUT2D eigenvalue weighted by Crippen LogP contribution is -2.02. The van der Waals surface area contributed by atoms with Crippen molar-refractivity contribution in [2.45, 2.75) is 26.2 Å². The van der Waals surface area contributed by atoms with Crippen molar-refractivity contribution in [3.8, 4) is 0 Å². The number of aromatic nitrogens is 1. The molecule has 0 aliphatic heterocycles. The molecular formula is C13H15NO2. The Morgan fingerprint density at radius 2 is 2.19 bits per heavy atom. The van der Waals surface area contributed by atoms with Crippen LogP contribution in [-0.4, -0.2) is 16.1 Å². The number of aromatic amines is 1. The van der Waals surface area contributed by atoms with E-state index >= 15 is 0 Å². The summed E-state index contributed by atoms with van der Waals surface area (Å²) < 4.78 is 0. The topological polar surface area (TPSA) is 53.1 Å². The number of carboxylic acids is 1. The quantitative estimate of drug-likeness (QED) is 0.830. The van der Waals surface area contributed by atoms with E-state index in [1.807, 2.05) is 26.0 Å². The maximum Gasteiger partial charge on any atom is 0.303 e. The number of nitrogens with one attached hydrogen (secondary N) is 1. The van der Waals surface area contributed by atoms with E-state index in [9.17, 15) is 4.79 Å². The first-order chi connectivity index (χ1) is 7.56. The molecule has 0 radical (unpaired) electrons. The Morgan fingerprint density at radius 3 is 2.88 bits per heavy atom. The third-order valence-electron chi connectivity index (χ3n) is 2.83. The molecule has 0 aliphatic carbocycles. The molecule has 16 heavy (non-hydrogen) atoms. The summed E-state index contributed by atoms with van der Waals surface area (Å²) in [5.74, 6) is -0.699. The summed E-state index contributed by atoms with van der Waals surface area (Å²) >= 11 is 0. The fourth-order valence-corrected chi connectivity index (χ4v) is 1.98. The number of benzene rings is 1. The van der Waals surface area contributed by atoms with Gasteiger partial charge in [-0.15, -0.1) is 0 Å². The van der Waals surface area contributed by atoms with Crippen LogP contribution in [0.5, 0.6) is 0 Å². The van der Waals surface area contributed by atoms with Gasteiger partial charge in [0.1, 0.15) is 0 Å². The van der Waals surface area contributed by atoms with Gasteiger partial charge in [-0.2, -0.15) is 0 Å². The Morgan fingerprint density at radius 1 is 1.44 bits per heavy atom. The average molecular weight is 217 g/mol. The molecule has 0 fully saturated rings. The standard InChI is InChI=1S/C13H15NO2/c1-8(5-13(15)16)10-3-4-12-11(7-10)6-9(2)14-12/h3-4,6-8,14H,5H2,1-2H3,(H,15,16). The Kier molecular flexibility index (Phi) is 2.69. The van der Waals surface area contributed by atoms with Gasteiger partial charge < -0.3 is 10.1 Å². The van der Waals surface area contributed by atoms with Gasteiger partial charge in [-0.25, -0.2) is 0 Å². The molecule has 0 saturated heterocycles. The van der Waals surface area contributed by atoms with Crippen LogP contribution < -0.4 is 0 Å². The van der Waals surface area contributed by atoms with Crippen molar-refractivity contribution >= 4 is 16.9 Å². The van der Waals surface area contributed by atoms with Crippen molar-refractivity contribution in [2.24, 2.45) is 0 Å². The Balaban J connectivity index is 2.34. The molecule has 2 N–H and O–H groups in total. The number of H-pyrrole nitrogens is 1. The first-order valence-corrected chi connectivity index (χ1v) is 5.37. The molecule has 1 atom stereocenters. The summed E-state index contributed by atoms with van der Waals surface area (Å²) in [6.45, 7) is 3.95. The monoisotopic (exact) mass is 217 g/mol. The van der Waals surface area contributed by atoms with E-state index < -0.39 is 5.97 Å². The van der Waals surface area contributed by atoms with E-state index in [4.69, 9.17) is 5.11 Å². The normalized spacial score (nSPS) is 12.9. The van der Waals surface area contributed by atoms with Gasteiger partial charge >= 0.3 is 5.97 Å². The maximum absolute atomic E-state index is 10.6. The smallest absolute Gasteiger partial charge is 0.303 e. The van der Waals surface area contributed by atoms with E-state index in [1.165, 1.54) is 0 Å². The molecule has 2 rings (SSSR count). The molecule has 1 unspecified atom stereocenters. The molecule has 2 aromatic rings. The molecule has 0 saturated carbocycles. The lowest BCUT2D eigenvalue weighted by Gasteiger charge is -2.08. The highest BCUT2D eigenvalue weighted by Crippen LogP contribution is 2.24. The van der Waals surface area contributed by atoms with Gasteiger partial charge in [0, 0.05) is 11.2 Å². The minimum absolute atomic E-state index is 0.0529. The number of hydrogen-bond acceptors (Lipinski definition) is 1. The van der Waals surface area contributed by atoms with E-state index in [0.29, 0.717) is 0 Å². The average Bonchev–Trinajstić information content (AvgIpc) is 2.55.